The molecule has 2 N–H and O–H groups in total. The molecule has 0 aliphatic heterocycles. The first-order chi connectivity index (χ1) is 6.24. The van der Waals surface area contributed by atoms with Gasteiger partial charge in [-0.3, -0.25) is 0 Å². The summed E-state index contributed by atoms with van der Waals surface area (Å²) in [7, 11) is 0. The van der Waals surface area contributed by atoms with Crippen molar-refractivity contribution in [2.75, 3.05) is 6.54 Å². The third-order valence-corrected chi connectivity index (χ3v) is 2.27. The third-order valence-electron chi connectivity index (χ3n) is 2.27. The zero-order chi connectivity index (χ0) is 9.68. The van der Waals surface area contributed by atoms with Crippen LogP contribution in [0.2, 0.25) is 0 Å². The summed E-state index contributed by atoms with van der Waals surface area (Å²) in [6.45, 7) is 2.76. The molecule has 1 aromatic carbocycles. The van der Waals surface area contributed by atoms with Gasteiger partial charge in [0.15, 0.2) is 0 Å². The van der Waals surface area contributed by atoms with Crippen molar-refractivity contribution >= 4 is 0 Å². The molecular formula is C11H16FN. The van der Waals surface area contributed by atoms with Gasteiger partial charge in [0.1, 0.15) is 5.82 Å². The Morgan fingerprint density at radius 3 is 2.69 bits per heavy atom. The van der Waals surface area contributed by atoms with Gasteiger partial charge in [0.05, 0.1) is 0 Å². The average molecular weight is 181 g/mol. The zero-order valence-corrected chi connectivity index (χ0v) is 7.96. The van der Waals surface area contributed by atoms with Crippen LogP contribution in [0, 0.1) is 11.7 Å². The molecule has 1 rings (SSSR count). The minimum atomic E-state index is -0.105. The van der Waals surface area contributed by atoms with E-state index in [0.717, 1.165) is 18.4 Å². The second-order valence-electron chi connectivity index (χ2n) is 3.47. The highest BCUT2D eigenvalue weighted by Crippen LogP contribution is 2.11. The van der Waals surface area contributed by atoms with Gasteiger partial charge in [-0.1, -0.05) is 25.1 Å². The molecule has 1 aromatic rings. The molecule has 0 saturated heterocycles. The first kappa shape index (κ1) is 10.2. The van der Waals surface area contributed by atoms with E-state index in [9.17, 15) is 4.39 Å². The van der Waals surface area contributed by atoms with Crippen molar-refractivity contribution in [3.63, 3.8) is 0 Å². The van der Waals surface area contributed by atoms with Crippen molar-refractivity contribution < 1.29 is 4.39 Å². The van der Waals surface area contributed by atoms with Gasteiger partial charge in [0.25, 0.3) is 0 Å². The molecule has 0 aliphatic carbocycles. The van der Waals surface area contributed by atoms with E-state index in [2.05, 4.69) is 6.92 Å². The maximum absolute atomic E-state index is 13.1. The average Bonchev–Trinajstić information content (AvgIpc) is 2.16. The van der Waals surface area contributed by atoms with Gasteiger partial charge >= 0.3 is 0 Å². The molecule has 0 heterocycles. The minimum absolute atomic E-state index is 0.105. The van der Waals surface area contributed by atoms with E-state index in [1.165, 1.54) is 6.07 Å². The van der Waals surface area contributed by atoms with Gasteiger partial charge < -0.3 is 5.73 Å². The summed E-state index contributed by atoms with van der Waals surface area (Å²) in [6, 6.07) is 6.91. The van der Waals surface area contributed by atoms with Crippen LogP contribution in [0.15, 0.2) is 24.3 Å². The molecular weight excluding hydrogens is 165 g/mol. The molecule has 0 radical (unpaired) electrons. The Hall–Kier alpha value is -0.890. The number of rotatable bonds is 4. The monoisotopic (exact) mass is 181 g/mol. The molecule has 0 spiro atoms. The fourth-order valence-corrected chi connectivity index (χ4v) is 1.22. The van der Waals surface area contributed by atoms with Crippen LogP contribution in [0.1, 0.15) is 18.9 Å². The maximum atomic E-state index is 13.1. The number of hydrogen-bond acceptors (Lipinski definition) is 1. The lowest BCUT2D eigenvalue weighted by Crippen LogP contribution is -2.11. The molecule has 0 amide bonds. The SMILES string of the molecule is CC(CN)CCc1ccccc1F. The van der Waals surface area contributed by atoms with E-state index >= 15 is 0 Å². The molecule has 1 nitrogen and oxygen atoms in total. The van der Waals surface area contributed by atoms with Crippen LogP contribution in [-0.2, 0) is 6.42 Å². The summed E-state index contributed by atoms with van der Waals surface area (Å²) < 4.78 is 13.1. The minimum Gasteiger partial charge on any atom is -0.330 e. The van der Waals surface area contributed by atoms with Crippen molar-refractivity contribution in [1.82, 2.24) is 0 Å². The Morgan fingerprint density at radius 1 is 1.38 bits per heavy atom. The highest BCUT2D eigenvalue weighted by atomic mass is 19.1. The van der Waals surface area contributed by atoms with Gasteiger partial charge in [0.2, 0.25) is 0 Å². The molecule has 1 unspecified atom stereocenters. The van der Waals surface area contributed by atoms with Gasteiger partial charge in [-0.05, 0) is 36.9 Å². The lowest BCUT2D eigenvalue weighted by atomic mass is 10.0. The lowest BCUT2D eigenvalue weighted by Gasteiger charge is -2.08. The molecule has 0 aromatic heterocycles. The van der Waals surface area contributed by atoms with Gasteiger partial charge in [-0.15, -0.1) is 0 Å². The molecule has 0 bridgehead atoms. The van der Waals surface area contributed by atoms with Gasteiger partial charge in [-0.2, -0.15) is 0 Å². The first-order valence-electron chi connectivity index (χ1n) is 4.67. The normalized spacial score (nSPS) is 12.8. The molecule has 2 heteroatoms. The Kier molecular flexibility index (Phi) is 3.90. The van der Waals surface area contributed by atoms with Crippen LogP contribution in [0.5, 0.6) is 0 Å². The van der Waals surface area contributed by atoms with Crippen molar-refractivity contribution in [3.05, 3.63) is 35.6 Å². The predicted molar refractivity (Wildman–Crippen MR) is 52.9 cm³/mol. The molecule has 72 valence electrons. The molecule has 0 fully saturated rings. The highest BCUT2D eigenvalue weighted by molar-refractivity contribution is 5.17. The second-order valence-corrected chi connectivity index (χ2v) is 3.47. The zero-order valence-electron chi connectivity index (χ0n) is 7.96. The van der Waals surface area contributed by atoms with Crippen LogP contribution in [0.3, 0.4) is 0 Å². The van der Waals surface area contributed by atoms with E-state index in [-0.39, 0.29) is 5.82 Å². The second kappa shape index (κ2) is 4.97. The number of benzene rings is 1. The molecule has 13 heavy (non-hydrogen) atoms. The van der Waals surface area contributed by atoms with Crippen molar-refractivity contribution in [2.45, 2.75) is 19.8 Å². The quantitative estimate of drug-likeness (QED) is 0.758. The summed E-state index contributed by atoms with van der Waals surface area (Å²) in [6.07, 6.45) is 1.74. The van der Waals surface area contributed by atoms with Crippen LogP contribution in [-0.4, -0.2) is 6.54 Å². The number of nitrogens with two attached hydrogens (primary N) is 1. The lowest BCUT2D eigenvalue weighted by molar-refractivity contribution is 0.529. The van der Waals surface area contributed by atoms with Crippen LogP contribution in [0.25, 0.3) is 0 Å². The fraction of sp³-hybridized carbons (Fsp3) is 0.455. The largest absolute Gasteiger partial charge is 0.330 e. The summed E-state index contributed by atoms with van der Waals surface area (Å²) >= 11 is 0. The van der Waals surface area contributed by atoms with Crippen LogP contribution < -0.4 is 5.73 Å². The summed E-state index contributed by atoms with van der Waals surface area (Å²) in [5, 5.41) is 0. The topological polar surface area (TPSA) is 26.0 Å². The summed E-state index contributed by atoms with van der Waals surface area (Å²) in [5.41, 5.74) is 6.27. The number of halogens is 1. The van der Waals surface area contributed by atoms with Gasteiger partial charge in [-0.25, -0.2) is 4.39 Å². The van der Waals surface area contributed by atoms with Crippen LogP contribution in [0.4, 0.5) is 4.39 Å². The van der Waals surface area contributed by atoms with E-state index in [4.69, 9.17) is 5.73 Å². The van der Waals surface area contributed by atoms with E-state index in [0.29, 0.717) is 12.5 Å². The smallest absolute Gasteiger partial charge is 0.126 e. The molecule has 0 aliphatic rings. The number of hydrogen-bond donors (Lipinski definition) is 1. The van der Waals surface area contributed by atoms with E-state index in [1.54, 1.807) is 6.07 Å². The standard InChI is InChI=1S/C11H16FN/c1-9(8-13)6-7-10-4-2-3-5-11(10)12/h2-5,9H,6-8,13H2,1H3. The van der Waals surface area contributed by atoms with E-state index in [1.807, 2.05) is 12.1 Å². The van der Waals surface area contributed by atoms with Gasteiger partial charge in [0, 0.05) is 0 Å². The predicted octanol–water partition coefficient (Wildman–Crippen LogP) is 2.35. The summed E-state index contributed by atoms with van der Waals surface area (Å²) in [5.74, 6) is 0.367. The van der Waals surface area contributed by atoms with Crippen molar-refractivity contribution in [1.29, 1.82) is 0 Å². The Balaban J connectivity index is 2.50. The maximum Gasteiger partial charge on any atom is 0.126 e. The number of aryl methyl sites for hydroxylation is 1. The Morgan fingerprint density at radius 2 is 2.08 bits per heavy atom. The first-order valence-corrected chi connectivity index (χ1v) is 4.67. The Bertz CT molecular complexity index is 260. The third kappa shape index (κ3) is 3.15. The van der Waals surface area contributed by atoms with Crippen molar-refractivity contribution in [3.8, 4) is 0 Å². The summed E-state index contributed by atoms with van der Waals surface area (Å²) in [4.78, 5) is 0. The Labute approximate surface area is 78.8 Å². The van der Waals surface area contributed by atoms with Crippen molar-refractivity contribution in [2.24, 2.45) is 11.7 Å². The fourth-order valence-electron chi connectivity index (χ4n) is 1.22. The molecule has 1 atom stereocenters. The van der Waals surface area contributed by atoms with Crippen LogP contribution >= 0.6 is 0 Å². The highest BCUT2D eigenvalue weighted by Gasteiger charge is 2.03. The van der Waals surface area contributed by atoms with E-state index < -0.39 is 0 Å². The molecule has 0 saturated carbocycles.